The van der Waals surface area contributed by atoms with Crippen molar-refractivity contribution in [2.75, 3.05) is 142 Å². The first-order valence-electron chi connectivity index (χ1n) is 42.0. The van der Waals surface area contributed by atoms with E-state index in [0.717, 1.165) is 127 Å². The van der Waals surface area contributed by atoms with Crippen LogP contribution in [0.4, 0.5) is 33.3 Å². The van der Waals surface area contributed by atoms with Gasteiger partial charge in [-0.3, -0.25) is 24.3 Å². The third kappa shape index (κ3) is 30.6. The number of nitrogens with zero attached hydrogens (tertiary/aromatic N) is 9. The van der Waals surface area contributed by atoms with Crippen LogP contribution in [-0.2, 0) is 6.42 Å². The predicted octanol–water partition coefficient (Wildman–Crippen LogP) is 21.2. The lowest BCUT2D eigenvalue weighted by Crippen LogP contribution is -2.52. The molecular weight excluding hydrogens is 1440 g/mol. The first-order valence-corrected chi connectivity index (χ1v) is 42.0. The fourth-order valence-corrected chi connectivity index (χ4v) is 14.4. The van der Waals surface area contributed by atoms with Gasteiger partial charge in [0.1, 0.15) is 5.75 Å². The SMILES string of the molecule is CC(=O)c1cccc(C(C)C)c1.CC(C)c1ccc(C2CCN(CC(F)(F)F)CC2)cc1.CC(C)c1ccc(N2CCN(CC(F)F)CC2)cc1.CC(C)c1cccc(C(=O)N2CCN(C)CC2)c1.CC(C)c1cnc2c(c1)CCCO2.COc1cc(C(C)C)ccc1N1CCN(C2CCC2)CC1.COc1ccc(C(C)C)cn1. The zero-order valence-corrected chi connectivity index (χ0v) is 72.1. The molecule has 114 heavy (non-hydrogen) atoms. The van der Waals surface area contributed by atoms with Gasteiger partial charge < -0.3 is 33.8 Å². The van der Waals surface area contributed by atoms with Gasteiger partial charge >= 0.3 is 6.18 Å². The molecule has 0 spiro atoms. The molecule has 1 amide bonds. The molecule has 2 aromatic heterocycles. The van der Waals surface area contributed by atoms with Crippen LogP contribution in [0.25, 0.3) is 0 Å². The van der Waals surface area contributed by atoms with Crippen LogP contribution in [0.2, 0.25) is 0 Å². The smallest absolute Gasteiger partial charge is 0.401 e. The molecule has 1 aliphatic carbocycles. The maximum atomic E-state index is 12.4. The van der Waals surface area contributed by atoms with Crippen LogP contribution in [0.1, 0.15) is 261 Å². The standard InChI is InChI=1S/C18H28N2O.C16H22F3N.C15H22F2N2.C15H22N2O.C11H15NO.C11H14O.C9H13NO/c1-14(2)15-7-8-17(18(13-15)21-3)20-11-9-19(10-12-20)16-5-4-6-16;1-12(2)13-3-5-14(6-4-13)15-7-9-20(10-8-15)11-16(17,18)19;1-12(2)13-3-5-14(6-4-13)19-9-7-18(8-10-19)11-15(16)17;1-12(2)13-5-4-6-14(11-13)15(18)17-9-7-16(3)8-10-17;1-8(2)10-6-9-4-3-5-13-11(9)12-7-10;1-8(2)10-5-4-6-11(7-10)9(3)12;1-7(2)8-4-5-9(11-3)10-6-8/h7-8,13-14,16H,4-6,9-12H2,1-3H3;3-6,12,15H,7-11H2,1-2H3;3-6,12,15H,7-11H2,1-2H3;4-6,11-12H,7-10H2,1-3H3;6-8H,3-5H2,1-2H3;4-8H,1-3H3;4-7H,1-3H3. The van der Waals surface area contributed by atoms with Crippen molar-refractivity contribution in [3.05, 3.63) is 207 Å². The van der Waals surface area contributed by atoms with Crippen LogP contribution in [0, 0.1) is 0 Å². The van der Waals surface area contributed by atoms with Crippen LogP contribution in [0.3, 0.4) is 0 Å². The van der Waals surface area contributed by atoms with Crippen molar-refractivity contribution in [1.82, 2.24) is 34.5 Å². The molecular formula is C95H136F5N9O5. The minimum absolute atomic E-state index is 0.0971. The predicted molar refractivity (Wildman–Crippen MR) is 460 cm³/mol. The van der Waals surface area contributed by atoms with Crippen molar-refractivity contribution < 1.29 is 45.8 Å². The number of aryl methyl sites for hydroxylation is 1. The first-order chi connectivity index (χ1) is 54.3. The van der Waals surface area contributed by atoms with E-state index in [1.807, 2.05) is 70.7 Å². The number of ketones is 1. The van der Waals surface area contributed by atoms with Crippen molar-refractivity contribution in [3.8, 4) is 17.5 Å². The lowest BCUT2D eigenvalue weighted by Gasteiger charge is -2.43. The number of hydrogen-bond donors (Lipinski definition) is 0. The number of piperazine rings is 3. The van der Waals surface area contributed by atoms with E-state index in [9.17, 15) is 31.5 Å². The number of anilines is 2. The Bertz CT molecular complexity index is 3930. The van der Waals surface area contributed by atoms with Crippen LogP contribution in [0.5, 0.6) is 17.5 Å². The van der Waals surface area contributed by atoms with Gasteiger partial charge in [0.2, 0.25) is 11.8 Å². The van der Waals surface area contributed by atoms with Gasteiger partial charge in [-0.25, -0.2) is 18.7 Å². The molecule has 626 valence electrons. The second-order valence-corrected chi connectivity index (χ2v) is 33.4. The first kappa shape index (κ1) is 93.2. The number of pyridine rings is 2. The fourth-order valence-electron chi connectivity index (χ4n) is 14.4. The number of ether oxygens (including phenoxy) is 3. The van der Waals surface area contributed by atoms with E-state index in [-0.39, 0.29) is 18.2 Å². The van der Waals surface area contributed by atoms with Gasteiger partial charge in [-0.2, -0.15) is 13.2 Å². The summed E-state index contributed by atoms with van der Waals surface area (Å²) in [6, 6.07) is 46.7. The molecule has 0 unspecified atom stereocenters. The molecule has 7 heterocycles. The van der Waals surface area contributed by atoms with Gasteiger partial charge in [0, 0.05) is 125 Å². The van der Waals surface area contributed by atoms with Gasteiger partial charge in [-0.1, -0.05) is 182 Å². The van der Waals surface area contributed by atoms with Gasteiger partial charge in [-0.15, -0.1) is 0 Å². The summed E-state index contributed by atoms with van der Waals surface area (Å²) in [6.07, 6.45) is 5.59. The average molecular weight is 1580 g/mol. The number of methoxy groups -OCH3 is 2. The van der Waals surface area contributed by atoms with E-state index in [1.54, 1.807) is 21.1 Å². The van der Waals surface area contributed by atoms with Crippen LogP contribution >= 0.6 is 0 Å². The Morgan fingerprint density at radius 1 is 0.500 bits per heavy atom. The highest BCUT2D eigenvalue weighted by atomic mass is 19.4. The Hall–Kier alpha value is -7.97. The summed E-state index contributed by atoms with van der Waals surface area (Å²) in [7, 11) is 5.51. The number of likely N-dealkylation sites (tertiary alicyclic amines) is 1. The molecule has 5 aromatic carbocycles. The second-order valence-electron chi connectivity index (χ2n) is 33.4. The maximum absolute atomic E-state index is 12.4. The molecule has 13 rings (SSSR count). The Morgan fingerprint density at radius 2 is 1.01 bits per heavy atom. The molecule has 6 aliphatic rings. The molecule has 7 aromatic rings. The molecule has 0 radical (unpaired) electrons. The number of fused-ring (bicyclic) bond motifs is 1. The number of benzene rings is 5. The Labute approximate surface area is 681 Å². The molecule has 0 bridgehead atoms. The molecule has 5 fully saturated rings. The topological polar surface area (TPSA) is 110 Å². The third-order valence-corrected chi connectivity index (χ3v) is 22.5. The van der Waals surface area contributed by atoms with Crippen molar-refractivity contribution in [1.29, 1.82) is 0 Å². The van der Waals surface area contributed by atoms with E-state index in [2.05, 4.69) is 218 Å². The average Bonchev–Trinajstić information content (AvgIpc) is 0.809. The number of piperidine rings is 1. The van der Waals surface area contributed by atoms with Crippen LogP contribution < -0.4 is 24.0 Å². The van der Waals surface area contributed by atoms with E-state index >= 15 is 0 Å². The monoisotopic (exact) mass is 1580 g/mol. The van der Waals surface area contributed by atoms with Gasteiger partial charge in [0.05, 0.1) is 39.6 Å². The highest BCUT2D eigenvalue weighted by molar-refractivity contribution is 5.95. The summed E-state index contributed by atoms with van der Waals surface area (Å²) in [5.41, 5.74) is 15.6. The molecule has 5 aliphatic heterocycles. The van der Waals surface area contributed by atoms with Gasteiger partial charge in [0.25, 0.3) is 12.3 Å². The number of alkyl halides is 5. The molecule has 19 heteroatoms. The minimum atomic E-state index is -4.08. The lowest BCUT2D eigenvalue weighted by atomic mass is 9.88. The van der Waals surface area contributed by atoms with E-state index in [1.165, 1.54) is 98.7 Å². The fraction of sp³-hybridized carbons (Fsp3) is 0.558. The zero-order valence-electron chi connectivity index (χ0n) is 72.1. The number of aromatic nitrogens is 2. The summed E-state index contributed by atoms with van der Waals surface area (Å²) >= 11 is 0. The van der Waals surface area contributed by atoms with Crippen molar-refractivity contribution in [2.24, 2.45) is 0 Å². The Morgan fingerprint density at radius 3 is 1.50 bits per heavy atom. The largest absolute Gasteiger partial charge is 0.495 e. The highest BCUT2D eigenvalue weighted by Crippen LogP contribution is 2.36. The number of amides is 1. The Balaban J connectivity index is 0.000000186. The highest BCUT2D eigenvalue weighted by Gasteiger charge is 2.34. The van der Waals surface area contributed by atoms with Crippen molar-refractivity contribution in [3.63, 3.8) is 0 Å². The normalized spacial score (nSPS) is 16.5. The number of hydrogen-bond acceptors (Lipinski definition) is 13. The summed E-state index contributed by atoms with van der Waals surface area (Å²) < 4.78 is 77.6. The van der Waals surface area contributed by atoms with Crippen molar-refractivity contribution >= 4 is 23.1 Å². The van der Waals surface area contributed by atoms with E-state index in [0.29, 0.717) is 66.3 Å². The second kappa shape index (κ2) is 46.7. The summed E-state index contributed by atoms with van der Waals surface area (Å²) in [6.45, 7) is 44.3. The van der Waals surface area contributed by atoms with Crippen LogP contribution in [-0.4, -0.2) is 197 Å². The number of carbonyl (C=O) groups excluding carboxylic acids is 2. The summed E-state index contributed by atoms with van der Waals surface area (Å²) in [5, 5.41) is 0. The molecule has 0 N–H and O–H groups in total. The number of carbonyl (C=O) groups is 2. The molecule has 0 atom stereocenters. The van der Waals surface area contributed by atoms with Crippen LogP contribution in [0.15, 0.2) is 146 Å². The third-order valence-electron chi connectivity index (χ3n) is 22.5. The molecule has 1 saturated carbocycles. The van der Waals surface area contributed by atoms with E-state index in [4.69, 9.17) is 14.2 Å². The summed E-state index contributed by atoms with van der Waals surface area (Å²) in [4.78, 5) is 46.8. The quantitative estimate of drug-likeness (QED) is 0.0601. The minimum Gasteiger partial charge on any atom is -0.495 e. The molecule has 4 saturated heterocycles. The Kier molecular flexibility index (Phi) is 38.2. The van der Waals surface area contributed by atoms with Crippen molar-refractivity contribution in [2.45, 2.75) is 215 Å². The lowest BCUT2D eigenvalue weighted by molar-refractivity contribution is -0.147. The summed E-state index contributed by atoms with van der Waals surface area (Å²) in [5.74, 6) is 6.90. The number of rotatable bonds is 18. The number of likely N-dealkylation sites (N-methyl/N-ethyl adjacent to an activating group) is 1. The zero-order chi connectivity index (χ0) is 83.2. The van der Waals surface area contributed by atoms with Gasteiger partial charge in [0.15, 0.2) is 5.78 Å². The molecule has 14 nitrogen and oxygen atoms in total. The van der Waals surface area contributed by atoms with E-state index < -0.39 is 19.1 Å². The maximum Gasteiger partial charge on any atom is 0.401 e. The number of halogens is 5. The number of Topliss-reactive ketones (excluding diaryl/α,β-unsaturated/α-hetero) is 1. The van der Waals surface area contributed by atoms with Gasteiger partial charge in [-0.05, 0) is 206 Å².